The van der Waals surface area contributed by atoms with Gasteiger partial charge in [-0.05, 0) is 48.1 Å². The van der Waals surface area contributed by atoms with Crippen LogP contribution in [-0.4, -0.2) is 6.18 Å². The van der Waals surface area contributed by atoms with Crippen LogP contribution in [-0.2, 0) is 19.3 Å². The number of hydrogen-bond donors (Lipinski definition) is 0. The van der Waals surface area contributed by atoms with E-state index < -0.39 is 23.4 Å². The molecule has 0 saturated heterocycles. The molecule has 25 heavy (non-hydrogen) atoms. The van der Waals surface area contributed by atoms with Crippen molar-refractivity contribution in [3.63, 3.8) is 0 Å². The lowest BCUT2D eigenvalue weighted by Gasteiger charge is -2.06. The highest BCUT2D eigenvalue weighted by Crippen LogP contribution is 2.18. The van der Waals surface area contributed by atoms with E-state index in [1.54, 1.807) is 0 Å². The van der Waals surface area contributed by atoms with Crippen molar-refractivity contribution in [3.8, 4) is 11.8 Å². The van der Waals surface area contributed by atoms with Crippen LogP contribution in [0.15, 0.2) is 36.4 Å². The second kappa shape index (κ2) is 8.15. The molecule has 0 radical (unpaired) electrons. The van der Waals surface area contributed by atoms with E-state index in [0.717, 1.165) is 36.5 Å². The van der Waals surface area contributed by atoms with Gasteiger partial charge in [-0.2, -0.15) is 13.2 Å². The van der Waals surface area contributed by atoms with Crippen molar-refractivity contribution in [1.82, 2.24) is 0 Å². The molecule has 132 valence electrons. The largest absolute Gasteiger partial charge is 0.458 e. The van der Waals surface area contributed by atoms with E-state index in [2.05, 4.69) is 6.92 Å². The molecular formula is C20H17F5. The minimum absolute atomic E-state index is 0.380. The molecule has 0 aliphatic carbocycles. The van der Waals surface area contributed by atoms with Gasteiger partial charge in [0, 0.05) is 5.92 Å². The third-order valence-electron chi connectivity index (χ3n) is 3.70. The minimum atomic E-state index is -4.79. The number of halogens is 5. The maximum Gasteiger partial charge on any atom is 0.458 e. The summed E-state index contributed by atoms with van der Waals surface area (Å²) in [6, 6.07) is 10.1. The highest BCUT2D eigenvalue weighted by atomic mass is 19.4. The molecule has 0 unspecified atom stereocenters. The van der Waals surface area contributed by atoms with Gasteiger partial charge in [0.2, 0.25) is 0 Å². The first-order valence-electron chi connectivity index (χ1n) is 7.94. The van der Waals surface area contributed by atoms with E-state index in [9.17, 15) is 22.0 Å². The van der Waals surface area contributed by atoms with Crippen LogP contribution in [0.2, 0.25) is 0 Å². The van der Waals surface area contributed by atoms with Gasteiger partial charge in [0.05, 0.1) is 5.56 Å². The van der Waals surface area contributed by atoms with Gasteiger partial charge in [-0.3, -0.25) is 0 Å². The van der Waals surface area contributed by atoms with Gasteiger partial charge >= 0.3 is 6.18 Å². The summed E-state index contributed by atoms with van der Waals surface area (Å²) in [5.74, 6) is 0.241. The maximum atomic E-state index is 13.8. The number of hydrogen-bond acceptors (Lipinski definition) is 0. The standard InChI is InChI=1S/C20H17F5/c1-2-3-14-4-6-15(7-5-14)8-9-16-12-18(21)17(19(22)13-16)10-11-20(23,24)25/h4-7,12-13H,2-3,8-9H2,1H3. The predicted octanol–water partition coefficient (Wildman–Crippen LogP) is 5.62. The molecule has 0 N–H and O–H groups in total. The molecule has 0 aliphatic heterocycles. The number of aryl methyl sites for hydroxylation is 3. The highest BCUT2D eigenvalue weighted by molar-refractivity contribution is 5.40. The third-order valence-corrected chi connectivity index (χ3v) is 3.70. The fourth-order valence-corrected chi connectivity index (χ4v) is 2.47. The molecule has 0 saturated carbocycles. The molecule has 0 aromatic heterocycles. The van der Waals surface area contributed by atoms with Crippen molar-refractivity contribution in [2.75, 3.05) is 0 Å². The molecule has 0 aliphatic rings. The predicted molar refractivity (Wildman–Crippen MR) is 87.1 cm³/mol. The van der Waals surface area contributed by atoms with Crippen molar-refractivity contribution in [3.05, 3.63) is 70.3 Å². The van der Waals surface area contributed by atoms with Crippen LogP contribution in [0, 0.1) is 23.5 Å². The van der Waals surface area contributed by atoms with E-state index in [-0.39, 0.29) is 0 Å². The van der Waals surface area contributed by atoms with Crippen molar-refractivity contribution in [1.29, 1.82) is 0 Å². The molecule has 0 fully saturated rings. The second-order valence-electron chi connectivity index (χ2n) is 5.75. The Morgan fingerprint density at radius 2 is 1.28 bits per heavy atom. The summed E-state index contributed by atoms with van der Waals surface area (Å²) in [5, 5.41) is 0. The van der Waals surface area contributed by atoms with Crippen LogP contribution in [0.4, 0.5) is 22.0 Å². The molecule has 2 rings (SSSR count). The molecule has 0 nitrogen and oxygen atoms in total. The zero-order valence-electron chi connectivity index (χ0n) is 13.7. The monoisotopic (exact) mass is 352 g/mol. The Morgan fingerprint density at radius 3 is 1.76 bits per heavy atom. The Bertz CT molecular complexity index is 753. The smallest absolute Gasteiger partial charge is 0.206 e. The van der Waals surface area contributed by atoms with E-state index >= 15 is 0 Å². The first-order chi connectivity index (χ1) is 11.8. The Kier molecular flexibility index (Phi) is 6.19. The quantitative estimate of drug-likeness (QED) is 0.484. The SMILES string of the molecule is CCCc1ccc(CCc2cc(F)c(C#CC(F)(F)F)c(F)c2)cc1. The minimum Gasteiger partial charge on any atom is -0.206 e. The van der Waals surface area contributed by atoms with Crippen LogP contribution < -0.4 is 0 Å². The van der Waals surface area contributed by atoms with Gasteiger partial charge < -0.3 is 0 Å². The van der Waals surface area contributed by atoms with Gasteiger partial charge in [0.1, 0.15) is 11.6 Å². The maximum absolute atomic E-state index is 13.8. The lowest BCUT2D eigenvalue weighted by molar-refractivity contribution is -0.0696. The molecule has 5 heteroatoms. The number of alkyl halides is 3. The summed E-state index contributed by atoms with van der Waals surface area (Å²) in [7, 11) is 0. The molecule has 0 bridgehead atoms. The van der Waals surface area contributed by atoms with E-state index in [1.807, 2.05) is 24.3 Å². The van der Waals surface area contributed by atoms with Crippen molar-refractivity contribution < 1.29 is 22.0 Å². The van der Waals surface area contributed by atoms with Crippen LogP contribution in [0.1, 0.15) is 35.6 Å². The Hall–Kier alpha value is -2.35. The summed E-state index contributed by atoms with van der Waals surface area (Å²) in [6.45, 7) is 2.10. The average molecular weight is 352 g/mol. The van der Waals surface area contributed by atoms with Gasteiger partial charge in [-0.15, -0.1) is 0 Å². The van der Waals surface area contributed by atoms with Gasteiger partial charge in [0.25, 0.3) is 0 Å². The van der Waals surface area contributed by atoms with Crippen molar-refractivity contribution in [2.24, 2.45) is 0 Å². The van der Waals surface area contributed by atoms with Crippen molar-refractivity contribution in [2.45, 2.75) is 38.8 Å². The Labute approximate surface area is 143 Å². The third kappa shape index (κ3) is 5.90. The van der Waals surface area contributed by atoms with E-state index in [1.165, 1.54) is 11.5 Å². The molecule has 0 spiro atoms. The lowest BCUT2D eigenvalue weighted by Crippen LogP contribution is -2.03. The highest BCUT2D eigenvalue weighted by Gasteiger charge is 2.23. The molecule has 0 heterocycles. The summed E-state index contributed by atoms with van der Waals surface area (Å²) in [6.07, 6.45) is -1.77. The normalized spacial score (nSPS) is 11.1. The fourth-order valence-electron chi connectivity index (χ4n) is 2.47. The summed E-state index contributed by atoms with van der Waals surface area (Å²) in [4.78, 5) is 0. The van der Waals surface area contributed by atoms with E-state index in [4.69, 9.17) is 0 Å². The average Bonchev–Trinajstić information content (AvgIpc) is 2.52. The fraction of sp³-hybridized carbons (Fsp3) is 0.300. The first-order valence-corrected chi connectivity index (χ1v) is 7.94. The Balaban J connectivity index is 2.09. The second-order valence-corrected chi connectivity index (χ2v) is 5.75. The van der Waals surface area contributed by atoms with Crippen LogP contribution in [0.3, 0.4) is 0 Å². The number of rotatable bonds is 5. The van der Waals surface area contributed by atoms with Gasteiger partial charge in [0.15, 0.2) is 0 Å². The summed E-state index contributed by atoms with van der Waals surface area (Å²) >= 11 is 0. The van der Waals surface area contributed by atoms with Gasteiger partial charge in [-0.1, -0.05) is 43.5 Å². The summed E-state index contributed by atoms with van der Waals surface area (Å²) < 4.78 is 63.8. The van der Waals surface area contributed by atoms with Crippen LogP contribution in [0.25, 0.3) is 0 Å². The number of benzene rings is 2. The summed E-state index contributed by atoms with van der Waals surface area (Å²) in [5.41, 5.74) is 1.78. The zero-order valence-corrected chi connectivity index (χ0v) is 13.7. The Morgan fingerprint density at radius 1 is 0.800 bits per heavy atom. The molecule has 2 aromatic carbocycles. The zero-order chi connectivity index (χ0) is 18.4. The molecule has 2 aromatic rings. The van der Waals surface area contributed by atoms with E-state index in [0.29, 0.717) is 18.4 Å². The molecule has 0 amide bonds. The van der Waals surface area contributed by atoms with Crippen LogP contribution >= 0.6 is 0 Å². The molecule has 0 atom stereocenters. The lowest BCUT2D eigenvalue weighted by atomic mass is 10.0. The van der Waals surface area contributed by atoms with Crippen LogP contribution in [0.5, 0.6) is 0 Å². The first kappa shape index (κ1) is 19.0. The van der Waals surface area contributed by atoms with Crippen molar-refractivity contribution >= 4 is 0 Å². The van der Waals surface area contributed by atoms with Gasteiger partial charge in [-0.25, -0.2) is 8.78 Å². The molecular weight excluding hydrogens is 335 g/mol. The topological polar surface area (TPSA) is 0 Å².